The lowest BCUT2D eigenvalue weighted by atomic mass is 10.1. The van der Waals surface area contributed by atoms with Gasteiger partial charge in [-0.05, 0) is 54.8 Å². The minimum Gasteiger partial charge on any atom is -0.493 e. The highest BCUT2D eigenvalue weighted by Gasteiger charge is 2.21. The van der Waals surface area contributed by atoms with Crippen LogP contribution < -0.4 is 9.47 Å². The van der Waals surface area contributed by atoms with Crippen molar-refractivity contribution in [2.45, 2.75) is 25.3 Å². The van der Waals surface area contributed by atoms with Crippen LogP contribution in [-0.4, -0.2) is 34.0 Å². The maximum absolute atomic E-state index is 12.7. The Hall–Kier alpha value is -2.05. The summed E-state index contributed by atoms with van der Waals surface area (Å²) in [7, 11) is 1.14. The maximum Gasteiger partial charge on any atom is 0.243 e. The van der Waals surface area contributed by atoms with Gasteiger partial charge in [0.05, 0.1) is 19.1 Å². The molecule has 2 aromatic rings. The van der Waals surface area contributed by atoms with Gasteiger partial charge in [-0.2, -0.15) is 4.31 Å². The second-order valence-corrected chi connectivity index (χ2v) is 7.74. The third-order valence-electron chi connectivity index (χ3n) is 4.04. The zero-order valence-corrected chi connectivity index (χ0v) is 15.5. The monoisotopic (exact) mass is 349 g/mol. The number of hydrogen-bond acceptors (Lipinski definition) is 4. The molecule has 0 bridgehead atoms. The van der Waals surface area contributed by atoms with Crippen molar-refractivity contribution in [1.29, 1.82) is 0 Å². The first kappa shape index (κ1) is 18.3. The number of hydrogen-bond donors (Lipinski definition) is 0. The van der Waals surface area contributed by atoms with Gasteiger partial charge in [0.15, 0.2) is 11.5 Å². The normalized spacial score (nSPS) is 11.6. The first-order valence-corrected chi connectivity index (χ1v) is 8.98. The fourth-order valence-corrected chi connectivity index (χ4v) is 3.62. The van der Waals surface area contributed by atoms with Gasteiger partial charge in [-0.1, -0.05) is 12.1 Å². The van der Waals surface area contributed by atoms with E-state index in [9.17, 15) is 8.42 Å². The molecule has 0 fully saturated rings. The molecule has 0 atom stereocenters. The number of methoxy groups -OCH3 is 2. The summed E-state index contributed by atoms with van der Waals surface area (Å²) in [4.78, 5) is 0.300. The second kappa shape index (κ2) is 7.23. The number of benzene rings is 2. The van der Waals surface area contributed by atoms with Crippen LogP contribution in [0.2, 0.25) is 0 Å². The van der Waals surface area contributed by atoms with E-state index in [0.717, 1.165) is 16.7 Å². The van der Waals surface area contributed by atoms with Crippen LogP contribution in [0.4, 0.5) is 0 Å². The molecule has 0 heterocycles. The Bertz CT molecular complexity index is 831. The van der Waals surface area contributed by atoms with Gasteiger partial charge in [-0.15, -0.1) is 0 Å². The summed E-state index contributed by atoms with van der Waals surface area (Å²) in [5.41, 5.74) is 2.84. The summed E-state index contributed by atoms with van der Waals surface area (Å²) in [6.45, 7) is 4.11. The van der Waals surface area contributed by atoms with E-state index in [1.54, 1.807) is 45.5 Å². The van der Waals surface area contributed by atoms with E-state index < -0.39 is 10.0 Å². The zero-order valence-electron chi connectivity index (χ0n) is 14.7. The minimum absolute atomic E-state index is 0.246. The molecule has 130 valence electrons. The molecular weight excluding hydrogens is 326 g/mol. The van der Waals surface area contributed by atoms with Crippen LogP contribution in [0.1, 0.15) is 16.7 Å². The van der Waals surface area contributed by atoms with Crippen LogP contribution in [0.15, 0.2) is 41.3 Å². The van der Waals surface area contributed by atoms with Crippen LogP contribution in [0.5, 0.6) is 11.5 Å². The Labute approximate surface area is 143 Å². The van der Waals surface area contributed by atoms with E-state index in [0.29, 0.717) is 16.4 Å². The SMILES string of the molecule is COc1ccc(CN(C)S(=O)(=O)c2ccc(C)c(C)c2)cc1OC. The van der Waals surface area contributed by atoms with Crippen molar-refractivity contribution >= 4 is 10.0 Å². The standard InChI is InChI=1S/C18H23NO4S/c1-13-6-8-16(10-14(13)2)24(20,21)19(3)12-15-7-9-17(22-4)18(11-15)23-5/h6-11H,12H2,1-5H3. The third kappa shape index (κ3) is 3.71. The van der Waals surface area contributed by atoms with Crippen molar-refractivity contribution in [3.63, 3.8) is 0 Å². The molecule has 24 heavy (non-hydrogen) atoms. The lowest BCUT2D eigenvalue weighted by Gasteiger charge is -2.19. The molecule has 6 heteroatoms. The fraction of sp³-hybridized carbons (Fsp3) is 0.333. The third-order valence-corrected chi connectivity index (χ3v) is 5.84. The lowest BCUT2D eigenvalue weighted by molar-refractivity contribution is 0.354. The predicted molar refractivity (Wildman–Crippen MR) is 94.1 cm³/mol. The molecule has 0 unspecified atom stereocenters. The Morgan fingerprint density at radius 1 is 0.917 bits per heavy atom. The van der Waals surface area contributed by atoms with E-state index >= 15 is 0 Å². The van der Waals surface area contributed by atoms with E-state index in [-0.39, 0.29) is 6.54 Å². The van der Waals surface area contributed by atoms with E-state index in [1.165, 1.54) is 4.31 Å². The van der Waals surface area contributed by atoms with Crippen molar-refractivity contribution in [3.05, 3.63) is 53.1 Å². The Morgan fingerprint density at radius 2 is 1.58 bits per heavy atom. The van der Waals surface area contributed by atoms with E-state index in [4.69, 9.17) is 9.47 Å². The molecule has 2 rings (SSSR count). The van der Waals surface area contributed by atoms with Gasteiger partial charge in [0, 0.05) is 13.6 Å². The summed E-state index contributed by atoms with van der Waals surface area (Å²) >= 11 is 0. The average Bonchev–Trinajstić information content (AvgIpc) is 2.56. The molecule has 0 aliphatic carbocycles. The van der Waals surface area contributed by atoms with Crippen molar-refractivity contribution in [2.24, 2.45) is 0 Å². The fourth-order valence-electron chi connectivity index (χ4n) is 2.38. The predicted octanol–water partition coefficient (Wildman–Crippen LogP) is 3.14. The first-order chi connectivity index (χ1) is 11.3. The van der Waals surface area contributed by atoms with Crippen molar-refractivity contribution in [1.82, 2.24) is 4.31 Å². The maximum atomic E-state index is 12.7. The van der Waals surface area contributed by atoms with E-state index in [1.807, 2.05) is 26.0 Å². The minimum atomic E-state index is -3.55. The number of rotatable bonds is 6. The quantitative estimate of drug-likeness (QED) is 0.804. The summed E-state index contributed by atoms with van der Waals surface area (Å²) < 4.78 is 37.3. The zero-order chi connectivity index (χ0) is 17.9. The molecule has 0 amide bonds. The highest BCUT2D eigenvalue weighted by Crippen LogP contribution is 2.28. The number of ether oxygens (including phenoxy) is 2. The highest BCUT2D eigenvalue weighted by atomic mass is 32.2. The van der Waals surface area contributed by atoms with Gasteiger partial charge in [0.1, 0.15) is 0 Å². The van der Waals surface area contributed by atoms with Crippen molar-refractivity contribution in [2.75, 3.05) is 21.3 Å². The Kier molecular flexibility index (Phi) is 5.51. The molecule has 0 saturated carbocycles. The Balaban J connectivity index is 2.27. The van der Waals surface area contributed by atoms with Crippen LogP contribution in [0.3, 0.4) is 0 Å². The van der Waals surface area contributed by atoms with Gasteiger partial charge in [-0.25, -0.2) is 8.42 Å². The van der Waals surface area contributed by atoms with Gasteiger partial charge in [-0.3, -0.25) is 0 Å². The van der Waals surface area contributed by atoms with Gasteiger partial charge < -0.3 is 9.47 Å². The molecular formula is C18H23NO4S. The lowest BCUT2D eigenvalue weighted by Crippen LogP contribution is -2.26. The summed E-state index contributed by atoms with van der Waals surface area (Å²) in [5.74, 6) is 1.19. The van der Waals surface area contributed by atoms with Crippen LogP contribution in [0.25, 0.3) is 0 Å². The van der Waals surface area contributed by atoms with Crippen LogP contribution in [-0.2, 0) is 16.6 Å². The average molecular weight is 349 g/mol. The number of nitrogens with zero attached hydrogens (tertiary/aromatic N) is 1. The molecule has 0 spiro atoms. The van der Waals surface area contributed by atoms with Crippen molar-refractivity contribution < 1.29 is 17.9 Å². The molecule has 0 N–H and O–H groups in total. The topological polar surface area (TPSA) is 55.8 Å². The first-order valence-electron chi connectivity index (χ1n) is 7.54. The van der Waals surface area contributed by atoms with Gasteiger partial charge in [0.25, 0.3) is 0 Å². The second-order valence-electron chi connectivity index (χ2n) is 5.70. The molecule has 0 aromatic heterocycles. The summed E-state index contributed by atoms with van der Waals surface area (Å²) in [5, 5.41) is 0. The number of aryl methyl sites for hydroxylation is 2. The Morgan fingerprint density at radius 3 is 2.17 bits per heavy atom. The highest BCUT2D eigenvalue weighted by molar-refractivity contribution is 7.89. The van der Waals surface area contributed by atoms with E-state index in [2.05, 4.69) is 0 Å². The van der Waals surface area contributed by atoms with Crippen LogP contribution >= 0.6 is 0 Å². The smallest absolute Gasteiger partial charge is 0.243 e. The van der Waals surface area contributed by atoms with Gasteiger partial charge >= 0.3 is 0 Å². The summed E-state index contributed by atoms with van der Waals surface area (Å²) in [6, 6.07) is 10.6. The van der Waals surface area contributed by atoms with Gasteiger partial charge in [0.2, 0.25) is 10.0 Å². The van der Waals surface area contributed by atoms with Crippen molar-refractivity contribution in [3.8, 4) is 11.5 Å². The molecule has 0 aliphatic rings. The molecule has 5 nitrogen and oxygen atoms in total. The molecule has 2 aromatic carbocycles. The largest absolute Gasteiger partial charge is 0.493 e. The molecule has 0 saturated heterocycles. The molecule has 0 radical (unpaired) electrons. The number of sulfonamides is 1. The summed E-state index contributed by atoms with van der Waals surface area (Å²) in [6.07, 6.45) is 0. The van der Waals surface area contributed by atoms with Crippen LogP contribution in [0, 0.1) is 13.8 Å². The molecule has 0 aliphatic heterocycles.